The zero-order chi connectivity index (χ0) is 12.0. The van der Waals surface area contributed by atoms with E-state index in [2.05, 4.69) is 24.5 Å². The van der Waals surface area contributed by atoms with Crippen LogP contribution in [0.5, 0.6) is 0 Å². The van der Waals surface area contributed by atoms with Gasteiger partial charge in [-0.15, -0.1) is 0 Å². The molecule has 3 nitrogen and oxygen atoms in total. The molecule has 1 unspecified atom stereocenters. The molecule has 94 valence electrons. The molecule has 1 atom stereocenters. The summed E-state index contributed by atoms with van der Waals surface area (Å²) in [5.41, 5.74) is 0. The molecule has 1 fully saturated rings. The maximum atomic E-state index is 11.9. The van der Waals surface area contributed by atoms with Crippen molar-refractivity contribution in [2.45, 2.75) is 52.0 Å². The zero-order valence-corrected chi connectivity index (χ0v) is 10.9. The highest BCUT2D eigenvalue weighted by atomic mass is 16.1. The number of carbonyl (C=O) groups excluding carboxylic acids is 1. The fourth-order valence-electron chi connectivity index (χ4n) is 2.33. The molecule has 0 aliphatic heterocycles. The minimum Gasteiger partial charge on any atom is -0.354 e. The van der Waals surface area contributed by atoms with Crippen LogP contribution in [0.3, 0.4) is 0 Å². The lowest BCUT2D eigenvalue weighted by Crippen LogP contribution is -2.40. The summed E-state index contributed by atoms with van der Waals surface area (Å²) >= 11 is 0. The van der Waals surface area contributed by atoms with Gasteiger partial charge in [0, 0.05) is 18.5 Å². The van der Waals surface area contributed by atoms with Crippen molar-refractivity contribution in [3.63, 3.8) is 0 Å². The van der Waals surface area contributed by atoms with Gasteiger partial charge in [0.25, 0.3) is 0 Å². The Bertz CT molecular complexity index is 210. The number of amides is 1. The Morgan fingerprint density at radius 3 is 2.44 bits per heavy atom. The monoisotopic (exact) mass is 226 g/mol. The molecule has 0 aromatic rings. The number of nitrogens with one attached hydrogen (secondary N) is 2. The fourth-order valence-corrected chi connectivity index (χ4v) is 2.33. The normalized spacial score (nSPS) is 27.4. The molecule has 1 saturated carbocycles. The topological polar surface area (TPSA) is 41.1 Å². The first-order valence-corrected chi connectivity index (χ1v) is 6.62. The number of hydrogen-bond donors (Lipinski definition) is 2. The van der Waals surface area contributed by atoms with E-state index in [0.29, 0.717) is 6.04 Å². The van der Waals surface area contributed by atoms with Gasteiger partial charge in [0.1, 0.15) is 0 Å². The van der Waals surface area contributed by atoms with E-state index in [4.69, 9.17) is 0 Å². The number of carbonyl (C=O) groups is 1. The van der Waals surface area contributed by atoms with Gasteiger partial charge in [-0.1, -0.05) is 13.3 Å². The van der Waals surface area contributed by atoms with Crippen LogP contribution >= 0.6 is 0 Å². The van der Waals surface area contributed by atoms with Crippen LogP contribution in [-0.4, -0.2) is 25.5 Å². The molecular formula is C13H26N2O. The van der Waals surface area contributed by atoms with Crippen LogP contribution in [0.1, 0.15) is 46.0 Å². The molecule has 0 radical (unpaired) electrons. The van der Waals surface area contributed by atoms with Gasteiger partial charge >= 0.3 is 0 Å². The Morgan fingerprint density at radius 2 is 1.94 bits per heavy atom. The van der Waals surface area contributed by atoms with E-state index >= 15 is 0 Å². The lowest BCUT2D eigenvalue weighted by atomic mass is 9.80. The van der Waals surface area contributed by atoms with Gasteiger partial charge in [-0.25, -0.2) is 0 Å². The molecule has 3 heteroatoms. The van der Waals surface area contributed by atoms with Gasteiger partial charge in [0.05, 0.1) is 0 Å². The van der Waals surface area contributed by atoms with Crippen LogP contribution in [0.2, 0.25) is 0 Å². The highest BCUT2D eigenvalue weighted by Gasteiger charge is 2.25. The van der Waals surface area contributed by atoms with Crippen LogP contribution in [0.4, 0.5) is 0 Å². The van der Waals surface area contributed by atoms with Crippen molar-refractivity contribution in [1.29, 1.82) is 0 Å². The predicted molar refractivity (Wildman–Crippen MR) is 67.3 cm³/mol. The quantitative estimate of drug-likeness (QED) is 0.752. The van der Waals surface area contributed by atoms with Crippen LogP contribution in [-0.2, 0) is 4.79 Å². The highest BCUT2D eigenvalue weighted by molar-refractivity contribution is 5.78. The second-order valence-electron chi connectivity index (χ2n) is 5.06. The first kappa shape index (κ1) is 13.5. The lowest BCUT2D eigenvalue weighted by molar-refractivity contribution is -0.126. The van der Waals surface area contributed by atoms with Crippen LogP contribution < -0.4 is 10.6 Å². The van der Waals surface area contributed by atoms with Gasteiger partial charge in [-0.05, 0) is 45.6 Å². The number of hydrogen-bond acceptors (Lipinski definition) is 2. The van der Waals surface area contributed by atoms with E-state index in [1.165, 1.54) is 19.3 Å². The number of likely N-dealkylation sites (N-methyl/N-ethyl adjacent to an activating group) is 1. The molecule has 16 heavy (non-hydrogen) atoms. The molecule has 0 spiro atoms. The minimum absolute atomic E-state index is 0.261. The molecular weight excluding hydrogens is 200 g/mol. The van der Waals surface area contributed by atoms with Crippen molar-refractivity contribution in [3.8, 4) is 0 Å². The first-order valence-electron chi connectivity index (χ1n) is 6.62. The molecule has 0 saturated heterocycles. The molecule has 1 amide bonds. The van der Waals surface area contributed by atoms with Crippen molar-refractivity contribution < 1.29 is 4.79 Å². The molecule has 2 N–H and O–H groups in total. The van der Waals surface area contributed by atoms with Gasteiger partial charge in [-0.2, -0.15) is 0 Å². The van der Waals surface area contributed by atoms with Gasteiger partial charge in [0.15, 0.2) is 0 Å². The van der Waals surface area contributed by atoms with Gasteiger partial charge in [0.2, 0.25) is 5.91 Å². The second-order valence-corrected chi connectivity index (χ2v) is 5.06. The third kappa shape index (κ3) is 4.12. The van der Waals surface area contributed by atoms with Crippen molar-refractivity contribution in [2.75, 3.05) is 13.6 Å². The van der Waals surface area contributed by atoms with Crippen molar-refractivity contribution in [3.05, 3.63) is 0 Å². The molecule has 0 bridgehead atoms. The summed E-state index contributed by atoms with van der Waals surface area (Å²) in [7, 11) is 1.92. The lowest BCUT2D eigenvalue weighted by Gasteiger charge is -2.27. The minimum atomic E-state index is 0.261. The summed E-state index contributed by atoms with van der Waals surface area (Å²) in [4.78, 5) is 11.9. The zero-order valence-electron chi connectivity index (χ0n) is 10.9. The average Bonchev–Trinajstić information content (AvgIpc) is 2.35. The molecule has 0 aromatic heterocycles. The molecule has 1 aliphatic carbocycles. The Kier molecular flexibility index (Phi) is 5.81. The molecule has 1 rings (SSSR count). The highest BCUT2D eigenvalue weighted by Crippen LogP contribution is 2.30. The summed E-state index contributed by atoms with van der Waals surface area (Å²) in [6, 6.07) is 0.357. The van der Waals surface area contributed by atoms with Gasteiger partial charge < -0.3 is 10.6 Å². The Balaban J connectivity index is 2.22. The van der Waals surface area contributed by atoms with Crippen molar-refractivity contribution in [1.82, 2.24) is 10.6 Å². The fraction of sp³-hybridized carbons (Fsp3) is 0.923. The van der Waals surface area contributed by atoms with Crippen LogP contribution in [0, 0.1) is 11.8 Å². The maximum Gasteiger partial charge on any atom is 0.223 e. The summed E-state index contributed by atoms with van der Waals surface area (Å²) < 4.78 is 0. The molecule has 0 heterocycles. The third-order valence-electron chi connectivity index (χ3n) is 3.87. The van der Waals surface area contributed by atoms with E-state index in [0.717, 1.165) is 25.3 Å². The first-order chi connectivity index (χ1) is 7.67. The standard InChI is InChI=1S/C13H26N2O/c1-4-11-5-7-12(8-6-11)13(16)15-9-10(2)14-3/h10-12,14H,4-9H2,1-3H3,(H,15,16). The molecule has 0 aromatic carbocycles. The van der Waals surface area contributed by atoms with Crippen molar-refractivity contribution in [2.24, 2.45) is 11.8 Å². The Hall–Kier alpha value is -0.570. The largest absolute Gasteiger partial charge is 0.354 e. The summed E-state index contributed by atoms with van der Waals surface area (Å²) in [5.74, 6) is 1.39. The van der Waals surface area contributed by atoms with E-state index < -0.39 is 0 Å². The average molecular weight is 226 g/mol. The summed E-state index contributed by atoms with van der Waals surface area (Å²) in [6.07, 6.45) is 5.90. The van der Waals surface area contributed by atoms with Gasteiger partial charge in [-0.3, -0.25) is 4.79 Å². The Labute approximate surface area is 99.4 Å². The predicted octanol–water partition coefficient (Wildman–Crippen LogP) is 1.93. The van der Waals surface area contributed by atoms with E-state index in [1.807, 2.05) is 7.05 Å². The van der Waals surface area contributed by atoms with E-state index in [1.54, 1.807) is 0 Å². The molecule has 1 aliphatic rings. The maximum absolute atomic E-state index is 11.9. The SMILES string of the molecule is CCC1CCC(C(=O)NCC(C)NC)CC1. The van der Waals surface area contributed by atoms with E-state index in [-0.39, 0.29) is 11.8 Å². The smallest absolute Gasteiger partial charge is 0.223 e. The summed E-state index contributed by atoms with van der Waals surface area (Å²) in [6.45, 7) is 5.07. The second kappa shape index (κ2) is 6.89. The van der Waals surface area contributed by atoms with E-state index in [9.17, 15) is 4.79 Å². The third-order valence-corrected chi connectivity index (χ3v) is 3.87. The Morgan fingerprint density at radius 1 is 1.31 bits per heavy atom. The van der Waals surface area contributed by atoms with Crippen LogP contribution in [0.25, 0.3) is 0 Å². The summed E-state index contributed by atoms with van der Waals surface area (Å²) in [5, 5.41) is 6.16. The van der Waals surface area contributed by atoms with Crippen molar-refractivity contribution >= 4 is 5.91 Å². The number of rotatable bonds is 5. The van der Waals surface area contributed by atoms with Crippen LogP contribution in [0.15, 0.2) is 0 Å².